The number of pyridine rings is 1. The van der Waals surface area contributed by atoms with Crippen molar-refractivity contribution in [2.45, 2.75) is 0 Å². The highest BCUT2D eigenvalue weighted by Gasteiger charge is 2.16. The van der Waals surface area contributed by atoms with E-state index >= 15 is 0 Å². The Morgan fingerprint density at radius 1 is 0.276 bits per heavy atom. The van der Waals surface area contributed by atoms with E-state index in [9.17, 15) is 0 Å². The summed E-state index contributed by atoms with van der Waals surface area (Å²) in [6, 6.07) is 71.5. The van der Waals surface area contributed by atoms with Crippen LogP contribution in [-0.4, -0.2) is 15.0 Å². The fourth-order valence-corrected chi connectivity index (χ4v) is 8.44. The maximum absolute atomic E-state index is 5.33. The molecule has 9 aromatic carbocycles. The third kappa shape index (κ3) is 5.98. The van der Waals surface area contributed by atoms with Crippen LogP contribution in [0.2, 0.25) is 0 Å². The van der Waals surface area contributed by atoms with Crippen LogP contribution in [-0.2, 0) is 0 Å². The molecule has 0 radical (unpaired) electrons. The average molecular weight is 738 g/mol. The summed E-state index contributed by atoms with van der Waals surface area (Å²) in [5, 5.41) is 9.80. The van der Waals surface area contributed by atoms with Crippen molar-refractivity contribution < 1.29 is 0 Å². The Morgan fingerprint density at radius 3 is 1.31 bits per heavy atom. The maximum atomic E-state index is 5.33. The van der Waals surface area contributed by atoms with Gasteiger partial charge in [-0.1, -0.05) is 176 Å². The number of rotatable bonds is 6. The van der Waals surface area contributed by atoms with Crippen LogP contribution >= 0.6 is 0 Å². The first-order valence-corrected chi connectivity index (χ1v) is 19.7. The van der Waals surface area contributed by atoms with Gasteiger partial charge in [0.05, 0.1) is 11.4 Å². The molecule has 11 rings (SSSR count). The first-order valence-electron chi connectivity index (χ1n) is 19.7. The Kier molecular flexibility index (Phi) is 8.15. The normalized spacial score (nSPS) is 11.4. The number of nitrogens with zero attached hydrogens (tertiary/aromatic N) is 3. The Hall–Kier alpha value is -7.75. The molecule has 0 amide bonds. The van der Waals surface area contributed by atoms with Gasteiger partial charge in [0.1, 0.15) is 0 Å². The van der Waals surface area contributed by atoms with Crippen LogP contribution in [0.4, 0.5) is 0 Å². The zero-order chi connectivity index (χ0) is 38.4. The van der Waals surface area contributed by atoms with E-state index in [0.29, 0.717) is 5.82 Å². The Balaban J connectivity index is 1.03. The molecular weight excluding hydrogens is 703 g/mol. The van der Waals surface area contributed by atoms with Crippen molar-refractivity contribution in [3.63, 3.8) is 0 Å². The molecule has 0 atom stereocenters. The van der Waals surface area contributed by atoms with E-state index in [-0.39, 0.29) is 0 Å². The summed E-state index contributed by atoms with van der Waals surface area (Å²) < 4.78 is 0. The van der Waals surface area contributed by atoms with Gasteiger partial charge in [0.15, 0.2) is 5.82 Å². The second-order valence-electron chi connectivity index (χ2n) is 14.8. The molecule has 0 N–H and O–H groups in total. The van der Waals surface area contributed by atoms with E-state index in [4.69, 9.17) is 9.97 Å². The molecule has 0 aliphatic carbocycles. The van der Waals surface area contributed by atoms with Gasteiger partial charge in [-0.2, -0.15) is 0 Å². The molecular formula is C55H35N3. The lowest BCUT2D eigenvalue weighted by Crippen LogP contribution is -1.97. The third-order valence-corrected chi connectivity index (χ3v) is 11.4. The summed E-state index contributed by atoms with van der Waals surface area (Å²) in [5.74, 6) is 0.690. The summed E-state index contributed by atoms with van der Waals surface area (Å²) in [4.78, 5) is 14.9. The van der Waals surface area contributed by atoms with Crippen LogP contribution in [0.25, 0.3) is 110 Å². The predicted molar refractivity (Wildman–Crippen MR) is 242 cm³/mol. The van der Waals surface area contributed by atoms with Gasteiger partial charge in [-0.3, -0.25) is 4.98 Å². The molecule has 0 aliphatic heterocycles. The molecule has 0 aliphatic rings. The lowest BCUT2D eigenvalue weighted by Gasteiger charge is -2.14. The number of aromatic nitrogens is 3. The molecule has 2 heterocycles. The smallest absolute Gasteiger partial charge is 0.160 e. The topological polar surface area (TPSA) is 38.7 Å². The second kappa shape index (κ2) is 14.1. The number of hydrogen-bond donors (Lipinski definition) is 0. The molecule has 0 spiro atoms. The Bertz CT molecular complexity index is 3300. The lowest BCUT2D eigenvalue weighted by molar-refractivity contribution is 1.19. The monoisotopic (exact) mass is 737 g/mol. The standard InChI is InChI=1S/C55H35N3/c1-3-13-45-42(10-1)32-51(49-17-7-5-15-47(45)49)39-25-29-41(30-26-39)55-57-53(34-54(58-55)52-33-43-11-2-4-14-46(43)48-16-6-8-18-50(48)52)40-27-23-37(24-28-40)36-19-21-38(22-20-36)44-12-9-31-56-35-44/h1-35H. The van der Waals surface area contributed by atoms with Gasteiger partial charge in [-0.25, -0.2) is 9.97 Å². The number of benzene rings is 9. The van der Waals surface area contributed by atoms with Gasteiger partial charge < -0.3 is 0 Å². The van der Waals surface area contributed by atoms with Gasteiger partial charge in [-0.15, -0.1) is 0 Å². The summed E-state index contributed by atoms with van der Waals surface area (Å²) in [6.45, 7) is 0. The molecule has 270 valence electrons. The fraction of sp³-hybridized carbons (Fsp3) is 0. The van der Waals surface area contributed by atoms with Gasteiger partial charge in [0.2, 0.25) is 0 Å². The van der Waals surface area contributed by atoms with Gasteiger partial charge in [0, 0.05) is 29.1 Å². The average Bonchev–Trinajstić information content (AvgIpc) is 3.31. The molecule has 2 aromatic heterocycles. The van der Waals surface area contributed by atoms with E-state index in [1.54, 1.807) is 6.20 Å². The molecule has 0 saturated carbocycles. The summed E-state index contributed by atoms with van der Waals surface area (Å²) in [6.07, 6.45) is 3.70. The number of fused-ring (bicyclic) bond motifs is 6. The van der Waals surface area contributed by atoms with Crippen molar-refractivity contribution in [3.05, 3.63) is 213 Å². The van der Waals surface area contributed by atoms with Crippen molar-refractivity contribution in [1.82, 2.24) is 15.0 Å². The highest BCUT2D eigenvalue weighted by molar-refractivity contribution is 6.15. The fourth-order valence-electron chi connectivity index (χ4n) is 8.44. The third-order valence-electron chi connectivity index (χ3n) is 11.4. The first-order chi connectivity index (χ1) is 28.7. The minimum absolute atomic E-state index is 0.690. The molecule has 0 saturated heterocycles. The molecule has 3 nitrogen and oxygen atoms in total. The molecule has 3 heteroatoms. The quantitative estimate of drug-likeness (QED) is 0.160. The van der Waals surface area contributed by atoms with Crippen molar-refractivity contribution in [3.8, 4) is 67.3 Å². The number of hydrogen-bond acceptors (Lipinski definition) is 3. The van der Waals surface area contributed by atoms with Crippen LogP contribution in [0.1, 0.15) is 0 Å². The van der Waals surface area contributed by atoms with E-state index < -0.39 is 0 Å². The summed E-state index contributed by atoms with van der Waals surface area (Å²) in [7, 11) is 0. The zero-order valence-corrected chi connectivity index (χ0v) is 31.5. The van der Waals surface area contributed by atoms with Crippen molar-refractivity contribution in [1.29, 1.82) is 0 Å². The highest BCUT2D eigenvalue weighted by atomic mass is 14.9. The Morgan fingerprint density at radius 2 is 0.724 bits per heavy atom. The Labute approximate surface area is 336 Å². The van der Waals surface area contributed by atoms with Crippen LogP contribution < -0.4 is 0 Å². The van der Waals surface area contributed by atoms with Crippen molar-refractivity contribution in [2.24, 2.45) is 0 Å². The van der Waals surface area contributed by atoms with Gasteiger partial charge in [-0.05, 0) is 101 Å². The zero-order valence-electron chi connectivity index (χ0n) is 31.5. The molecule has 0 bridgehead atoms. The van der Waals surface area contributed by atoms with E-state index in [2.05, 4.69) is 199 Å². The largest absolute Gasteiger partial charge is 0.264 e. The molecule has 0 unspecified atom stereocenters. The van der Waals surface area contributed by atoms with Gasteiger partial charge in [0.25, 0.3) is 0 Å². The minimum Gasteiger partial charge on any atom is -0.264 e. The predicted octanol–water partition coefficient (Wildman–Crippen LogP) is 14.5. The van der Waals surface area contributed by atoms with Crippen molar-refractivity contribution in [2.75, 3.05) is 0 Å². The second-order valence-corrected chi connectivity index (χ2v) is 14.8. The first kappa shape index (κ1) is 33.6. The SMILES string of the molecule is c1cncc(-c2ccc(-c3ccc(-c4cc(-c5cc6ccccc6c6ccccc56)nc(-c5ccc(-c6cc7ccccc7c7ccccc67)cc5)n4)cc3)cc2)c1. The van der Waals surface area contributed by atoms with Crippen LogP contribution in [0.15, 0.2) is 213 Å². The highest BCUT2D eigenvalue weighted by Crippen LogP contribution is 2.39. The van der Waals surface area contributed by atoms with Crippen LogP contribution in [0.3, 0.4) is 0 Å². The van der Waals surface area contributed by atoms with Crippen LogP contribution in [0, 0.1) is 0 Å². The summed E-state index contributed by atoms with van der Waals surface area (Å²) in [5.41, 5.74) is 11.8. The molecule has 58 heavy (non-hydrogen) atoms. The van der Waals surface area contributed by atoms with E-state index in [0.717, 1.165) is 55.9 Å². The minimum atomic E-state index is 0.690. The van der Waals surface area contributed by atoms with E-state index in [1.165, 1.54) is 48.7 Å². The molecule has 0 fully saturated rings. The summed E-state index contributed by atoms with van der Waals surface area (Å²) >= 11 is 0. The molecule has 11 aromatic rings. The van der Waals surface area contributed by atoms with E-state index in [1.807, 2.05) is 12.3 Å². The van der Waals surface area contributed by atoms with Crippen LogP contribution in [0.5, 0.6) is 0 Å². The maximum Gasteiger partial charge on any atom is 0.160 e. The lowest BCUT2D eigenvalue weighted by atomic mass is 9.93. The van der Waals surface area contributed by atoms with Gasteiger partial charge >= 0.3 is 0 Å². The van der Waals surface area contributed by atoms with Crippen molar-refractivity contribution >= 4 is 43.1 Å².